The predicted octanol–water partition coefficient (Wildman–Crippen LogP) is 4.62. The SMILES string of the molecule is Cc1cc(C)nc(NS(=O)(=O)c2ccc(NC(=S)NC(=O)COc3ccc(Br)cc3Cl)cc2)n1.Cl. The maximum atomic E-state index is 12.6. The van der Waals surface area contributed by atoms with Crippen LogP contribution in [0, 0.1) is 13.8 Å². The van der Waals surface area contributed by atoms with Gasteiger partial charge in [-0.05, 0) is 74.6 Å². The molecular weight excluding hydrogens is 601 g/mol. The second kappa shape index (κ2) is 12.5. The molecule has 0 saturated carbocycles. The lowest BCUT2D eigenvalue weighted by atomic mass is 10.3. The van der Waals surface area contributed by atoms with Crippen LogP contribution in [-0.4, -0.2) is 36.0 Å². The van der Waals surface area contributed by atoms with Crippen molar-refractivity contribution in [2.45, 2.75) is 18.7 Å². The topological polar surface area (TPSA) is 122 Å². The zero-order valence-electron chi connectivity index (χ0n) is 18.3. The van der Waals surface area contributed by atoms with Crippen molar-refractivity contribution in [3.05, 3.63) is 69.4 Å². The van der Waals surface area contributed by atoms with Gasteiger partial charge in [0.2, 0.25) is 5.95 Å². The van der Waals surface area contributed by atoms with Crippen molar-refractivity contribution >= 4 is 84.8 Å². The fourth-order valence-corrected chi connectivity index (χ4v) is 4.63. The lowest BCUT2D eigenvalue weighted by Crippen LogP contribution is -2.37. The van der Waals surface area contributed by atoms with Gasteiger partial charge in [0, 0.05) is 21.5 Å². The molecule has 1 amide bonds. The van der Waals surface area contributed by atoms with E-state index >= 15 is 0 Å². The maximum Gasteiger partial charge on any atom is 0.264 e. The van der Waals surface area contributed by atoms with Crippen LogP contribution in [0.15, 0.2) is 57.9 Å². The second-order valence-electron chi connectivity index (χ2n) is 6.97. The van der Waals surface area contributed by atoms with Crippen LogP contribution in [0.2, 0.25) is 5.02 Å². The highest BCUT2D eigenvalue weighted by molar-refractivity contribution is 9.10. The number of amides is 1. The third kappa shape index (κ3) is 8.58. The number of aryl methyl sites for hydroxylation is 2. The summed E-state index contributed by atoms with van der Waals surface area (Å²) in [7, 11) is -3.89. The van der Waals surface area contributed by atoms with Crippen molar-refractivity contribution in [1.29, 1.82) is 0 Å². The number of rotatable bonds is 7. The summed E-state index contributed by atoms with van der Waals surface area (Å²) in [5.74, 6) is -0.140. The minimum absolute atomic E-state index is 0. The maximum absolute atomic E-state index is 12.6. The van der Waals surface area contributed by atoms with Crippen LogP contribution in [0.5, 0.6) is 5.75 Å². The van der Waals surface area contributed by atoms with Crippen LogP contribution in [0.3, 0.4) is 0 Å². The van der Waals surface area contributed by atoms with E-state index in [0.717, 1.165) is 4.47 Å². The number of aromatic nitrogens is 2. The van der Waals surface area contributed by atoms with Crippen molar-refractivity contribution in [1.82, 2.24) is 15.3 Å². The van der Waals surface area contributed by atoms with Gasteiger partial charge in [0.05, 0.1) is 9.92 Å². The Morgan fingerprint density at radius 3 is 2.31 bits per heavy atom. The molecule has 0 radical (unpaired) electrons. The Hall–Kier alpha value is -2.51. The zero-order chi connectivity index (χ0) is 24.9. The number of benzene rings is 2. The third-order valence-electron chi connectivity index (χ3n) is 4.14. The van der Waals surface area contributed by atoms with E-state index in [1.54, 1.807) is 38.1 Å². The summed E-state index contributed by atoms with van der Waals surface area (Å²) in [6.07, 6.45) is 0. The average Bonchev–Trinajstić information content (AvgIpc) is 2.72. The van der Waals surface area contributed by atoms with Gasteiger partial charge in [-0.25, -0.2) is 23.1 Å². The molecule has 0 saturated heterocycles. The van der Waals surface area contributed by atoms with Gasteiger partial charge < -0.3 is 10.1 Å². The summed E-state index contributed by atoms with van der Waals surface area (Å²) in [4.78, 5) is 20.3. The molecule has 3 aromatic rings. The van der Waals surface area contributed by atoms with Crippen LogP contribution in [0.1, 0.15) is 11.4 Å². The molecule has 0 aliphatic heterocycles. The number of hydrogen-bond donors (Lipinski definition) is 3. The molecule has 0 aliphatic carbocycles. The van der Waals surface area contributed by atoms with Crippen molar-refractivity contribution in [2.24, 2.45) is 0 Å². The van der Waals surface area contributed by atoms with E-state index in [9.17, 15) is 13.2 Å². The van der Waals surface area contributed by atoms with Crippen molar-refractivity contribution in [3.8, 4) is 5.75 Å². The zero-order valence-corrected chi connectivity index (χ0v) is 23.1. The van der Waals surface area contributed by atoms with Gasteiger partial charge in [-0.2, -0.15) is 0 Å². The summed E-state index contributed by atoms with van der Waals surface area (Å²) in [6, 6.07) is 12.5. The van der Waals surface area contributed by atoms with E-state index in [-0.39, 0.29) is 35.0 Å². The van der Waals surface area contributed by atoms with Gasteiger partial charge in [0.15, 0.2) is 11.7 Å². The number of hydrogen-bond acceptors (Lipinski definition) is 7. The van der Waals surface area contributed by atoms with Crippen molar-refractivity contribution in [3.63, 3.8) is 0 Å². The first-order chi connectivity index (χ1) is 16.0. The van der Waals surface area contributed by atoms with E-state index in [1.807, 2.05) is 0 Å². The molecule has 0 aliphatic rings. The van der Waals surface area contributed by atoms with Crippen LogP contribution >= 0.6 is 52.2 Å². The fourth-order valence-electron chi connectivity index (χ4n) is 2.73. The van der Waals surface area contributed by atoms with Gasteiger partial charge in [0.1, 0.15) is 5.75 Å². The lowest BCUT2D eigenvalue weighted by Gasteiger charge is -2.12. The Kier molecular flexibility index (Phi) is 10.2. The van der Waals surface area contributed by atoms with Gasteiger partial charge in [-0.3, -0.25) is 10.1 Å². The van der Waals surface area contributed by atoms with E-state index in [4.69, 9.17) is 28.6 Å². The smallest absolute Gasteiger partial charge is 0.264 e. The molecule has 0 unspecified atom stereocenters. The third-order valence-corrected chi connectivity index (χ3v) is 6.47. The first-order valence-corrected chi connectivity index (χ1v) is 12.7. The summed E-state index contributed by atoms with van der Waals surface area (Å²) in [5.41, 5.74) is 1.76. The van der Waals surface area contributed by atoms with E-state index in [0.29, 0.717) is 27.8 Å². The van der Waals surface area contributed by atoms with Gasteiger partial charge in [-0.1, -0.05) is 27.5 Å². The van der Waals surface area contributed by atoms with E-state index < -0.39 is 15.9 Å². The van der Waals surface area contributed by atoms with Crippen LogP contribution in [0.4, 0.5) is 11.6 Å². The summed E-state index contributed by atoms with van der Waals surface area (Å²) >= 11 is 14.5. The molecule has 3 N–H and O–H groups in total. The number of carbonyl (C=O) groups excluding carboxylic acids is 1. The molecule has 2 aromatic carbocycles. The molecule has 35 heavy (non-hydrogen) atoms. The van der Waals surface area contributed by atoms with Crippen LogP contribution in [-0.2, 0) is 14.8 Å². The second-order valence-corrected chi connectivity index (χ2v) is 10.4. The van der Waals surface area contributed by atoms with Gasteiger partial charge in [-0.15, -0.1) is 12.4 Å². The predicted molar refractivity (Wildman–Crippen MR) is 145 cm³/mol. The minimum atomic E-state index is -3.89. The summed E-state index contributed by atoms with van der Waals surface area (Å²) in [5, 5.41) is 5.66. The summed E-state index contributed by atoms with van der Waals surface area (Å²) < 4.78 is 33.8. The van der Waals surface area contributed by atoms with E-state index in [1.165, 1.54) is 24.3 Å². The van der Waals surface area contributed by atoms with Crippen LogP contribution < -0.4 is 20.1 Å². The Balaban J connectivity index is 0.00000432. The van der Waals surface area contributed by atoms with Crippen molar-refractivity contribution < 1.29 is 17.9 Å². The Labute approximate surface area is 227 Å². The first kappa shape index (κ1) is 28.7. The highest BCUT2D eigenvalue weighted by Crippen LogP contribution is 2.27. The molecule has 186 valence electrons. The lowest BCUT2D eigenvalue weighted by molar-refractivity contribution is -0.121. The number of carbonyl (C=O) groups is 1. The molecule has 14 heteroatoms. The standard InChI is InChI=1S/C21H19BrClN5O4S2.ClH/c1-12-9-13(2)25-20(24-12)28-34(30,31)16-6-4-15(5-7-16)26-21(33)27-19(29)11-32-18-8-3-14(22)10-17(18)23;/h3-10H,11H2,1-2H3,(H,24,25,28)(H2,26,27,29,33);1H. The number of ether oxygens (including phenoxy) is 1. The number of nitrogens with one attached hydrogen (secondary N) is 3. The normalized spacial score (nSPS) is 10.6. The van der Waals surface area contributed by atoms with Gasteiger partial charge >= 0.3 is 0 Å². The fraction of sp³-hybridized carbons (Fsp3) is 0.143. The number of halogens is 3. The Morgan fingerprint density at radius 1 is 1.09 bits per heavy atom. The van der Waals surface area contributed by atoms with Crippen LogP contribution in [0.25, 0.3) is 0 Å². The largest absolute Gasteiger partial charge is 0.482 e. The highest BCUT2D eigenvalue weighted by Gasteiger charge is 2.16. The molecular formula is C21H20BrCl2N5O4S2. The molecule has 1 aromatic heterocycles. The van der Waals surface area contributed by atoms with E-state index in [2.05, 4.69) is 41.3 Å². The molecule has 0 fully saturated rings. The molecule has 3 rings (SSSR count). The van der Waals surface area contributed by atoms with Gasteiger partial charge in [0.25, 0.3) is 15.9 Å². The Morgan fingerprint density at radius 2 is 1.71 bits per heavy atom. The number of anilines is 2. The molecule has 1 heterocycles. The van der Waals surface area contributed by atoms with Crippen molar-refractivity contribution in [2.75, 3.05) is 16.6 Å². The molecule has 0 bridgehead atoms. The molecule has 9 nitrogen and oxygen atoms in total. The number of thiocarbonyl (C=S) groups is 1. The summed E-state index contributed by atoms with van der Waals surface area (Å²) in [6.45, 7) is 3.19. The molecule has 0 spiro atoms. The average molecular weight is 621 g/mol. The Bertz CT molecular complexity index is 1320. The number of sulfonamides is 1. The number of nitrogens with zero attached hydrogens (tertiary/aromatic N) is 2. The quantitative estimate of drug-likeness (QED) is 0.327. The minimum Gasteiger partial charge on any atom is -0.482 e. The first-order valence-electron chi connectivity index (χ1n) is 9.66. The monoisotopic (exact) mass is 619 g/mol. The highest BCUT2D eigenvalue weighted by atomic mass is 79.9. The molecule has 0 atom stereocenters.